The summed E-state index contributed by atoms with van der Waals surface area (Å²) in [7, 11) is 0. The van der Waals surface area contributed by atoms with Crippen LogP contribution in [0.1, 0.15) is 25.0 Å². The second-order valence-corrected chi connectivity index (χ2v) is 3.24. The molecule has 0 spiro atoms. The molecule has 78 valence electrons. The summed E-state index contributed by atoms with van der Waals surface area (Å²) in [6.45, 7) is 4.09. The molecule has 1 heterocycles. The van der Waals surface area contributed by atoms with E-state index >= 15 is 0 Å². The number of aromatic nitrogens is 1. The van der Waals surface area contributed by atoms with Crippen LogP contribution in [0.4, 0.5) is 0 Å². The smallest absolute Gasteiger partial charge is 0.304 e. The summed E-state index contributed by atoms with van der Waals surface area (Å²) >= 11 is 0. The average Bonchev–Trinajstić information content (AvgIpc) is 2.47. The van der Waals surface area contributed by atoms with E-state index in [1.165, 1.54) is 0 Å². The normalized spacial score (nSPS) is 12.7. The molecule has 1 atom stereocenters. The Labute approximate surface area is 82.1 Å². The third kappa shape index (κ3) is 3.57. The van der Waals surface area contributed by atoms with Crippen LogP contribution in [0.2, 0.25) is 0 Å². The van der Waals surface area contributed by atoms with Crippen molar-refractivity contribution in [2.75, 3.05) is 0 Å². The molecule has 0 aliphatic heterocycles. The van der Waals surface area contributed by atoms with Gasteiger partial charge in [0.2, 0.25) is 5.89 Å². The number of carboxylic acid groups (broad SMARTS) is 1. The van der Waals surface area contributed by atoms with Crippen LogP contribution in [0.25, 0.3) is 0 Å². The van der Waals surface area contributed by atoms with E-state index in [2.05, 4.69) is 10.3 Å². The largest absolute Gasteiger partial charge is 0.481 e. The lowest BCUT2D eigenvalue weighted by atomic mass is 10.2. The lowest BCUT2D eigenvalue weighted by Crippen LogP contribution is -2.28. The van der Waals surface area contributed by atoms with Crippen LogP contribution in [0.15, 0.2) is 10.6 Å². The van der Waals surface area contributed by atoms with E-state index < -0.39 is 5.97 Å². The molecule has 5 heteroatoms. The summed E-state index contributed by atoms with van der Waals surface area (Å²) in [5.74, 6) is 0.529. The van der Waals surface area contributed by atoms with Gasteiger partial charge in [-0.15, -0.1) is 0 Å². The lowest BCUT2D eigenvalue weighted by molar-refractivity contribution is -0.137. The first-order valence-corrected chi connectivity index (χ1v) is 4.44. The van der Waals surface area contributed by atoms with Gasteiger partial charge in [-0.2, -0.15) is 0 Å². The molecule has 0 amide bonds. The van der Waals surface area contributed by atoms with Gasteiger partial charge in [0.1, 0.15) is 5.76 Å². The van der Waals surface area contributed by atoms with Crippen LogP contribution in [-0.4, -0.2) is 22.1 Å². The molecule has 0 aromatic carbocycles. The van der Waals surface area contributed by atoms with Crippen LogP contribution in [-0.2, 0) is 11.3 Å². The summed E-state index contributed by atoms with van der Waals surface area (Å²) in [5.41, 5.74) is 0. The predicted octanol–water partition coefficient (Wildman–Crippen LogP) is 0.936. The Morgan fingerprint density at radius 1 is 1.79 bits per heavy atom. The molecule has 0 aliphatic carbocycles. The van der Waals surface area contributed by atoms with Gasteiger partial charge in [-0.25, -0.2) is 4.98 Å². The van der Waals surface area contributed by atoms with E-state index in [1.54, 1.807) is 6.20 Å². The third-order valence-corrected chi connectivity index (χ3v) is 1.75. The molecule has 0 aliphatic rings. The van der Waals surface area contributed by atoms with Crippen molar-refractivity contribution in [1.29, 1.82) is 0 Å². The minimum absolute atomic E-state index is 0.0836. The van der Waals surface area contributed by atoms with Crippen molar-refractivity contribution in [3.63, 3.8) is 0 Å². The Morgan fingerprint density at radius 2 is 2.50 bits per heavy atom. The topological polar surface area (TPSA) is 75.4 Å². The van der Waals surface area contributed by atoms with Gasteiger partial charge in [-0.3, -0.25) is 4.79 Å². The highest BCUT2D eigenvalue weighted by molar-refractivity contribution is 5.67. The number of hydrogen-bond donors (Lipinski definition) is 2. The number of rotatable bonds is 5. The summed E-state index contributed by atoms with van der Waals surface area (Å²) in [6.07, 6.45) is 1.73. The maximum absolute atomic E-state index is 10.3. The van der Waals surface area contributed by atoms with E-state index in [1.807, 2.05) is 13.8 Å². The molecule has 0 saturated heterocycles. The summed E-state index contributed by atoms with van der Waals surface area (Å²) in [5, 5.41) is 11.5. The monoisotopic (exact) mass is 198 g/mol. The van der Waals surface area contributed by atoms with Gasteiger partial charge in [0.25, 0.3) is 0 Å². The van der Waals surface area contributed by atoms with Gasteiger partial charge >= 0.3 is 5.97 Å². The molecule has 0 saturated carbocycles. The number of carbonyl (C=O) groups is 1. The number of nitrogens with zero attached hydrogens (tertiary/aromatic N) is 1. The third-order valence-electron chi connectivity index (χ3n) is 1.75. The number of carboxylic acids is 1. The highest BCUT2D eigenvalue weighted by Crippen LogP contribution is 2.01. The fourth-order valence-electron chi connectivity index (χ4n) is 1.08. The maximum atomic E-state index is 10.3. The Hall–Kier alpha value is -1.36. The fraction of sp³-hybridized carbons (Fsp3) is 0.556. The molecular formula is C9H14N2O3. The van der Waals surface area contributed by atoms with E-state index in [4.69, 9.17) is 9.52 Å². The van der Waals surface area contributed by atoms with E-state index in [0.29, 0.717) is 12.4 Å². The Balaban J connectivity index is 2.30. The van der Waals surface area contributed by atoms with E-state index in [9.17, 15) is 4.79 Å². The second kappa shape index (κ2) is 4.76. The minimum Gasteiger partial charge on any atom is -0.481 e. The highest BCUT2D eigenvalue weighted by atomic mass is 16.4. The van der Waals surface area contributed by atoms with Crippen molar-refractivity contribution < 1.29 is 14.3 Å². The summed E-state index contributed by atoms with van der Waals surface area (Å²) < 4.78 is 5.22. The maximum Gasteiger partial charge on any atom is 0.304 e. The zero-order chi connectivity index (χ0) is 10.6. The van der Waals surface area contributed by atoms with Gasteiger partial charge in [0.05, 0.1) is 19.2 Å². The van der Waals surface area contributed by atoms with Crippen molar-refractivity contribution in [1.82, 2.24) is 10.3 Å². The molecule has 0 bridgehead atoms. The van der Waals surface area contributed by atoms with Crippen molar-refractivity contribution in [3.8, 4) is 0 Å². The van der Waals surface area contributed by atoms with Crippen LogP contribution < -0.4 is 5.32 Å². The van der Waals surface area contributed by atoms with Gasteiger partial charge in [-0.05, 0) is 13.8 Å². The Morgan fingerprint density at radius 3 is 3.00 bits per heavy atom. The molecule has 1 rings (SSSR count). The van der Waals surface area contributed by atoms with E-state index in [-0.39, 0.29) is 12.5 Å². The van der Waals surface area contributed by atoms with Gasteiger partial charge in [0.15, 0.2) is 0 Å². The molecule has 0 fully saturated rings. The zero-order valence-electron chi connectivity index (χ0n) is 8.28. The van der Waals surface area contributed by atoms with Crippen molar-refractivity contribution >= 4 is 5.97 Å². The van der Waals surface area contributed by atoms with Crippen molar-refractivity contribution in [3.05, 3.63) is 17.8 Å². The Kier molecular flexibility index (Phi) is 3.64. The van der Waals surface area contributed by atoms with Crippen LogP contribution in [0.5, 0.6) is 0 Å². The first-order valence-electron chi connectivity index (χ1n) is 4.44. The zero-order valence-corrected chi connectivity index (χ0v) is 8.28. The highest BCUT2D eigenvalue weighted by Gasteiger charge is 2.08. The quantitative estimate of drug-likeness (QED) is 0.736. The molecule has 2 N–H and O–H groups in total. The predicted molar refractivity (Wildman–Crippen MR) is 49.8 cm³/mol. The van der Waals surface area contributed by atoms with Crippen LogP contribution >= 0.6 is 0 Å². The van der Waals surface area contributed by atoms with E-state index in [0.717, 1.165) is 5.76 Å². The molecular weight excluding hydrogens is 184 g/mol. The number of aliphatic carboxylic acids is 1. The fourth-order valence-corrected chi connectivity index (χ4v) is 1.08. The summed E-state index contributed by atoms with van der Waals surface area (Å²) in [4.78, 5) is 14.3. The molecule has 1 unspecified atom stereocenters. The van der Waals surface area contributed by atoms with Crippen LogP contribution in [0, 0.1) is 6.92 Å². The van der Waals surface area contributed by atoms with Crippen molar-refractivity contribution in [2.24, 2.45) is 0 Å². The molecule has 1 aromatic heterocycles. The minimum atomic E-state index is -0.811. The van der Waals surface area contributed by atoms with Gasteiger partial charge in [-0.1, -0.05) is 0 Å². The lowest BCUT2D eigenvalue weighted by Gasteiger charge is -2.08. The summed E-state index contributed by atoms with van der Waals surface area (Å²) in [6, 6.07) is -0.0836. The first-order chi connectivity index (χ1) is 6.58. The number of oxazole rings is 1. The second-order valence-electron chi connectivity index (χ2n) is 3.24. The SMILES string of the molecule is Cc1cnc(CNC(C)CC(=O)O)o1. The first kappa shape index (κ1) is 10.7. The number of nitrogens with one attached hydrogen (secondary N) is 1. The molecule has 5 nitrogen and oxygen atoms in total. The molecule has 14 heavy (non-hydrogen) atoms. The van der Waals surface area contributed by atoms with Crippen molar-refractivity contribution in [2.45, 2.75) is 32.9 Å². The van der Waals surface area contributed by atoms with Crippen LogP contribution in [0.3, 0.4) is 0 Å². The molecule has 0 radical (unpaired) electrons. The number of aryl methyl sites for hydroxylation is 1. The standard InChI is InChI=1S/C9H14N2O3/c1-6(3-9(12)13)10-5-8-11-4-7(2)14-8/h4,6,10H,3,5H2,1-2H3,(H,12,13). The number of hydrogen-bond acceptors (Lipinski definition) is 4. The molecule has 1 aromatic rings. The van der Waals surface area contributed by atoms with Gasteiger partial charge in [0, 0.05) is 6.04 Å². The van der Waals surface area contributed by atoms with Gasteiger partial charge < -0.3 is 14.8 Å². The average molecular weight is 198 g/mol. The Bertz CT molecular complexity index is 309.